The van der Waals surface area contributed by atoms with Gasteiger partial charge in [-0.2, -0.15) is 0 Å². The molecule has 0 aliphatic heterocycles. The highest BCUT2D eigenvalue weighted by Gasteiger charge is 2.20. The first-order valence-electron chi connectivity index (χ1n) is 5.20. The molecule has 0 heterocycles. The van der Waals surface area contributed by atoms with Gasteiger partial charge < -0.3 is 5.11 Å². The third-order valence-corrected chi connectivity index (χ3v) is 2.62. The Morgan fingerprint density at radius 1 is 1.17 bits per heavy atom. The van der Waals surface area contributed by atoms with Gasteiger partial charge in [-0.25, -0.2) is 0 Å². The summed E-state index contributed by atoms with van der Waals surface area (Å²) in [6.07, 6.45) is 7.35. The first-order valence-corrected chi connectivity index (χ1v) is 5.20. The first-order chi connectivity index (χ1) is 5.68. The minimum atomic E-state index is -0.478. The SMILES string of the molecule is [CH2]CC(O)(CC)CCCCCC. The van der Waals surface area contributed by atoms with Crippen LogP contribution in [0.2, 0.25) is 0 Å². The highest BCUT2D eigenvalue weighted by atomic mass is 16.3. The van der Waals surface area contributed by atoms with Crippen LogP contribution >= 0.6 is 0 Å². The second kappa shape index (κ2) is 6.47. The van der Waals surface area contributed by atoms with Gasteiger partial charge in [-0.05, 0) is 19.3 Å². The molecular formula is C11H23O. The molecule has 0 amide bonds. The molecule has 1 radical (unpaired) electrons. The minimum Gasteiger partial charge on any atom is -0.390 e. The van der Waals surface area contributed by atoms with Gasteiger partial charge in [-0.3, -0.25) is 0 Å². The van der Waals surface area contributed by atoms with E-state index in [1.807, 2.05) is 6.92 Å². The van der Waals surface area contributed by atoms with E-state index in [4.69, 9.17) is 0 Å². The van der Waals surface area contributed by atoms with Crippen LogP contribution in [0.4, 0.5) is 0 Å². The van der Waals surface area contributed by atoms with Gasteiger partial charge in [0.1, 0.15) is 0 Å². The normalized spacial score (nSPS) is 12.0. The number of hydrogen-bond acceptors (Lipinski definition) is 1. The van der Waals surface area contributed by atoms with Crippen LogP contribution in [0.3, 0.4) is 0 Å². The second-order valence-electron chi connectivity index (χ2n) is 3.64. The molecule has 1 nitrogen and oxygen atoms in total. The lowest BCUT2D eigenvalue weighted by Gasteiger charge is -2.24. The summed E-state index contributed by atoms with van der Waals surface area (Å²) >= 11 is 0. The van der Waals surface area contributed by atoms with E-state index < -0.39 is 5.60 Å². The van der Waals surface area contributed by atoms with E-state index in [2.05, 4.69) is 13.8 Å². The average Bonchev–Trinajstić information content (AvgIpc) is 2.12. The molecular weight excluding hydrogens is 148 g/mol. The predicted molar refractivity (Wildman–Crippen MR) is 54.0 cm³/mol. The molecule has 1 N–H and O–H groups in total. The summed E-state index contributed by atoms with van der Waals surface area (Å²) in [6, 6.07) is 0. The molecule has 12 heavy (non-hydrogen) atoms. The lowest BCUT2D eigenvalue weighted by molar-refractivity contribution is 0.0272. The Kier molecular flexibility index (Phi) is 6.45. The molecule has 1 unspecified atom stereocenters. The van der Waals surface area contributed by atoms with Crippen molar-refractivity contribution >= 4 is 0 Å². The van der Waals surface area contributed by atoms with E-state index in [0.29, 0.717) is 6.42 Å². The van der Waals surface area contributed by atoms with Gasteiger partial charge in [0, 0.05) is 0 Å². The van der Waals surface area contributed by atoms with Crippen molar-refractivity contribution < 1.29 is 5.11 Å². The van der Waals surface area contributed by atoms with Crippen molar-refractivity contribution in [2.45, 2.75) is 64.4 Å². The van der Waals surface area contributed by atoms with Crippen molar-refractivity contribution in [3.8, 4) is 0 Å². The largest absolute Gasteiger partial charge is 0.390 e. The third kappa shape index (κ3) is 4.76. The fourth-order valence-corrected chi connectivity index (χ4v) is 1.36. The Bertz CT molecular complexity index is 95.2. The molecule has 0 rings (SSSR count). The van der Waals surface area contributed by atoms with E-state index >= 15 is 0 Å². The van der Waals surface area contributed by atoms with Crippen LogP contribution in [0.1, 0.15) is 58.8 Å². The van der Waals surface area contributed by atoms with Crippen LogP contribution in [-0.4, -0.2) is 10.7 Å². The monoisotopic (exact) mass is 171 g/mol. The van der Waals surface area contributed by atoms with Gasteiger partial charge in [0.05, 0.1) is 5.60 Å². The van der Waals surface area contributed by atoms with Gasteiger partial charge in [0.15, 0.2) is 0 Å². The van der Waals surface area contributed by atoms with Gasteiger partial charge in [0.2, 0.25) is 0 Å². The summed E-state index contributed by atoms with van der Waals surface area (Å²) in [7, 11) is 0. The molecule has 0 aromatic carbocycles. The standard InChI is InChI=1S/C11H23O/c1-4-7-8-9-10-11(12,5-2)6-3/h12H,2,4-10H2,1,3H3. The maximum absolute atomic E-state index is 9.87. The van der Waals surface area contributed by atoms with Gasteiger partial charge in [-0.1, -0.05) is 46.5 Å². The molecule has 0 aromatic rings. The molecule has 0 aliphatic rings. The number of unbranched alkanes of at least 4 members (excludes halogenated alkanes) is 3. The number of rotatable bonds is 7. The molecule has 1 heteroatoms. The topological polar surface area (TPSA) is 20.2 Å². The van der Waals surface area contributed by atoms with Crippen LogP contribution in [0.25, 0.3) is 0 Å². The lowest BCUT2D eigenvalue weighted by Crippen LogP contribution is -2.26. The summed E-state index contributed by atoms with van der Waals surface area (Å²) < 4.78 is 0. The molecule has 0 fully saturated rings. The molecule has 0 spiro atoms. The quantitative estimate of drug-likeness (QED) is 0.583. The van der Waals surface area contributed by atoms with Crippen molar-refractivity contribution in [1.82, 2.24) is 0 Å². The van der Waals surface area contributed by atoms with Crippen LogP contribution in [0.15, 0.2) is 0 Å². The van der Waals surface area contributed by atoms with Crippen LogP contribution in [0, 0.1) is 6.92 Å². The summed E-state index contributed by atoms with van der Waals surface area (Å²) in [5.74, 6) is 0. The third-order valence-electron chi connectivity index (χ3n) is 2.62. The Morgan fingerprint density at radius 2 is 1.83 bits per heavy atom. The van der Waals surface area contributed by atoms with Gasteiger partial charge in [0.25, 0.3) is 0 Å². The second-order valence-corrected chi connectivity index (χ2v) is 3.64. The zero-order chi connectivity index (χ0) is 9.45. The van der Waals surface area contributed by atoms with Crippen LogP contribution < -0.4 is 0 Å². The maximum Gasteiger partial charge on any atom is 0.0645 e. The van der Waals surface area contributed by atoms with E-state index in [-0.39, 0.29) is 0 Å². The molecule has 0 aromatic heterocycles. The Morgan fingerprint density at radius 3 is 2.25 bits per heavy atom. The smallest absolute Gasteiger partial charge is 0.0645 e. The summed E-state index contributed by atoms with van der Waals surface area (Å²) in [5.41, 5.74) is -0.478. The average molecular weight is 171 g/mol. The van der Waals surface area contributed by atoms with Crippen molar-refractivity contribution in [3.63, 3.8) is 0 Å². The van der Waals surface area contributed by atoms with Crippen molar-refractivity contribution in [1.29, 1.82) is 0 Å². The summed E-state index contributed by atoms with van der Waals surface area (Å²) in [4.78, 5) is 0. The van der Waals surface area contributed by atoms with Crippen molar-refractivity contribution in [2.75, 3.05) is 0 Å². The highest BCUT2D eigenvalue weighted by Crippen LogP contribution is 2.22. The maximum atomic E-state index is 9.87. The van der Waals surface area contributed by atoms with E-state index in [1.54, 1.807) is 0 Å². The number of hydrogen-bond donors (Lipinski definition) is 1. The minimum absolute atomic E-state index is 0.478. The zero-order valence-corrected chi connectivity index (χ0v) is 8.60. The van der Waals surface area contributed by atoms with E-state index in [9.17, 15) is 5.11 Å². The predicted octanol–water partition coefficient (Wildman–Crippen LogP) is 3.32. The molecule has 0 bridgehead atoms. The molecule has 1 atom stereocenters. The first kappa shape index (κ1) is 12.0. The van der Waals surface area contributed by atoms with Gasteiger partial charge in [-0.15, -0.1) is 0 Å². The van der Waals surface area contributed by atoms with Crippen molar-refractivity contribution in [3.05, 3.63) is 6.92 Å². The Labute approximate surface area is 77.2 Å². The fraction of sp³-hybridized carbons (Fsp3) is 0.909. The summed E-state index contributed by atoms with van der Waals surface area (Å²) in [5, 5.41) is 9.87. The highest BCUT2D eigenvalue weighted by molar-refractivity contribution is 4.77. The lowest BCUT2D eigenvalue weighted by atomic mass is 9.91. The molecule has 0 aliphatic carbocycles. The zero-order valence-electron chi connectivity index (χ0n) is 8.60. The summed E-state index contributed by atoms with van der Waals surface area (Å²) in [6.45, 7) is 8.01. The number of aliphatic hydroxyl groups is 1. The molecule has 0 saturated carbocycles. The van der Waals surface area contributed by atoms with E-state index in [0.717, 1.165) is 19.3 Å². The van der Waals surface area contributed by atoms with Crippen molar-refractivity contribution in [2.24, 2.45) is 0 Å². The molecule has 73 valence electrons. The Balaban J connectivity index is 3.45. The fourth-order valence-electron chi connectivity index (χ4n) is 1.36. The van der Waals surface area contributed by atoms with Crippen LogP contribution in [0.5, 0.6) is 0 Å². The van der Waals surface area contributed by atoms with E-state index in [1.165, 1.54) is 19.3 Å². The van der Waals surface area contributed by atoms with Crippen LogP contribution in [-0.2, 0) is 0 Å². The van der Waals surface area contributed by atoms with Gasteiger partial charge >= 0.3 is 0 Å². The Hall–Kier alpha value is -0.0400. The molecule has 0 saturated heterocycles.